The smallest absolute Gasteiger partial charge is 0.411 e. The molecule has 6 nitrogen and oxygen atoms in total. The third kappa shape index (κ3) is 4.02. The lowest BCUT2D eigenvalue weighted by Crippen LogP contribution is -2.12. The molecule has 1 N–H and O–H groups in total. The highest BCUT2D eigenvalue weighted by Crippen LogP contribution is 2.24. The summed E-state index contributed by atoms with van der Waals surface area (Å²) < 4.78 is 14.5. The van der Waals surface area contributed by atoms with E-state index in [4.69, 9.17) is 4.74 Å². The second-order valence-corrected chi connectivity index (χ2v) is 3.42. The number of carbonyl (C=O) groups is 2. The topological polar surface area (TPSA) is 73.9 Å². The van der Waals surface area contributed by atoms with E-state index in [0.717, 1.165) is 0 Å². The third-order valence-corrected chi connectivity index (χ3v) is 2.18. The first-order valence-electron chi connectivity index (χ1n) is 5.43. The van der Waals surface area contributed by atoms with Crippen LogP contribution in [0.1, 0.15) is 10.4 Å². The first kappa shape index (κ1) is 14.6. The molecule has 0 bridgehead atoms. The maximum atomic E-state index is 11.5. The van der Waals surface area contributed by atoms with Gasteiger partial charge in [0, 0.05) is 11.8 Å². The first-order chi connectivity index (χ1) is 9.12. The van der Waals surface area contributed by atoms with E-state index in [1.165, 1.54) is 26.4 Å². The molecule has 0 heterocycles. The van der Waals surface area contributed by atoms with Gasteiger partial charge in [-0.05, 0) is 12.1 Å². The van der Waals surface area contributed by atoms with E-state index < -0.39 is 12.1 Å². The fourth-order valence-electron chi connectivity index (χ4n) is 1.32. The highest BCUT2D eigenvalue weighted by molar-refractivity contribution is 5.94. The normalized spacial score (nSPS) is 9.37. The molecule has 1 rings (SSSR count). The molecule has 0 saturated heterocycles. The van der Waals surface area contributed by atoms with Gasteiger partial charge >= 0.3 is 12.1 Å². The number of rotatable bonds is 5. The Kier molecular flexibility index (Phi) is 5.40. The van der Waals surface area contributed by atoms with Crippen LogP contribution in [0.4, 0.5) is 10.5 Å². The van der Waals surface area contributed by atoms with E-state index in [0.29, 0.717) is 11.4 Å². The third-order valence-electron chi connectivity index (χ3n) is 2.18. The minimum atomic E-state index is -0.611. The number of nitrogens with one attached hydrogen (secondary N) is 1. The molecule has 1 amide bonds. The first-order valence-corrected chi connectivity index (χ1v) is 5.43. The zero-order valence-corrected chi connectivity index (χ0v) is 10.8. The number of amides is 1. The molecule has 0 aliphatic carbocycles. The van der Waals surface area contributed by atoms with E-state index in [1.54, 1.807) is 12.1 Å². The number of hydrogen-bond acceptors (Lipinski definition) is 5. The van der Waals surface area contributed by atoms with Gasteiger partial charge in [-0.3, -0.25) is 5.32 Å². The van der Waals surface area contributed by atoms with Crippen molar-refractivity contribution in [2.45, 2.75) is 0 Å². The lowest BCUT2D eigenvalue weighted by molar-refractivity contribution is 0.0596. The van der Waals surface area contributed by atoms with Crippen LogP contribution in [0.5, 0.6) is 5.75 Å². The molecule has 0 atom stereocenters. The van der Waals surface area contributed by atoms with Gasteiger partial charge in [0.15, 0.2) is 0 Å². The van der Waals surface area contributed by atoms with Crippen LogP contribution in [-0.4, -0.2) is 32.9 Å². The van der Waals surface area contributed by atoms with Crippen LogP contribution in [-0.2, 0) is 9.47 Å². The van der Waals surface area contributed by atoms with Gasteiger partial charge in [-0.15, -0.1) is 0 Å². The number of methoxy groups -OCH3 is 2. The summed E-state index contributed by atoms with van der Waals surface area (Å²) in [5.74, 6) is -0.232. The highest BCUT2D eigenvalue weighted by atomic mass is 16.5. The van der Waals surface area contributed by atoms with Crippen molar-refractivity contribution in [1.82, 2.24) is 0 Å². The fraction of sp³-hybridized carbons (Fsp3) is 0.231. The van der Waals surface area contributed by atoms with Gasteiger partial charge in [0.05, 0.1) is 14.2 Å². The number of hydrogen-bond donors (Lipinski definition) is 1. The molecule has 1 aromatic rings. The second kappa shape index (κ2) is 7.05. The number of esters is 1. The molecule has 0 spiro atoms. The van der Waals surface area contributed by atoms with Crippen molar-refractivity contribution in [2.75, 3.05) is 26.1 Å². The van der Waals surface area contributed by atoms with Gasteiger partial charge < -0.3 is 14.2 Å². The van der Waals surface area contributed by atoms with Crippen molar-refractivity contribution in [3.05, 3.63) is 36.4 Å². The zero-order valence-electron chi connectivity index (χ0n) is 10.8. The SMILES string of the molecule is C=CCOc1cc(NC(=O)OC)ccc1C(=O)OC. The van der Waals surface area contributed by atoms with Crippen LogP contribution in [0, 0.1) is 0 Å². The van der Waals surface area contributed by atoms with E-state index in [-0.39, 0.29) is 12.2 Å². The predicted molar refractivity (Wildman–Crippen MR) is 69.5 cm³/mol. The molecule has 6 heteroatoms. The van der Waals surface area contributed by atoms with Gasteiger partial charge in [-0.2, -0.15) is 0 Å². The van der Waals surface area contributed by atoms with Crippen molar-refractivity contribution in [2.24, 2.45) is 0 Å². The van der Waals surface area contributed by atoms with Crippen molar-refractivity contribution in [3.8, 4) is 5.75 Å². The van der Waals surface area contributed by atoms with E-state index in [9.17, 15) is 9.59 Å². The summed E-state index contributed by atoms with van der Waals surface area (Å²) in [6.07, 6.45) is 0.932. The predicted octanol–water partition coefficient (Wildman–Crippen LogP) is 2.22. The molecular weight excluding hydrogens is 250 g/mol. The molecule has 1 aromatic carbocycles. The average molecular weight is 265 g/mol. The Hall–Kier alpha value is -2.50. The minimum absolute atomic E-state index is 0.228. The molecule has 0 saturated carbocycles. The monoisotopic (exact) mass is 265 g/mol. The molecule has 0 fully saturated rings. The van der Waals surface area contributed by atoms with Crippen molar-refractivity contribution >= 4 is 17.7 Å². The van der Waals surface area contributed by atoms with Gasteiger partial charge in [0.1, 0.15) is 17.9 Å². The standard InChI is InChI=1S/C13H15NO5/c1-4-7-19-11-8-9(14-13(16)18-3)5-6-10(11)12(15)17-2/h4-6,8H,1,7H2,2-3H3,(H,14,16). The lowest BCUT2D eigenvalue weighted by atomic mass is 10.2. The molecular formula is C13H15NO5. The maximum Gasteiger partial charge on any atom is 0.411 e. The summed E-state index contributed by atoms with van der Waals surface area (Å²) in [4.78, 5) is 22.6. The van der Waals surface area contributed by atoms with Crippen LogP contribution in [0.25, 0.3) is 0 Å². The van der Waals surface area contributed by atoms with Crippen molar-refractivity contribution < 1.29 is 23.8 Å². The number of carbonyl (C=O) groups excluding carboxylic acids is 2. The summed E-state index contributed by atoms with van der Waals surface area (Å²) in [5, 5.41) is 2.47. The zero-order chi connectivity index (χ0) is 14.3. The van der Waals surface area contributed by atoms with Gasteiger partial charge in [-0.25, -0.2) is 9.59 Å². The van der Waals surface area contributed by atoms with Crippen molar-refractivity contribution in [3.63, 3.8) is 0 Å². The van der Waals surface area contributed by atoms with Gasteiger partial charge in [0.25, 0.3) is 0 Å². The molecule has 0 radical (unpaired) electrons. The van der Waals surface area contributed by atoms with E-state index in [2.05, 4.69) is 21.4 Å². The summed E-state index contributed by atoms with van der Waals surface area (Å²) in [6.45, 7) is 3.75. The summed E-state index contributed by atoms with van der Waals surface area (Å²) in [7, 11) is 2.54. The van der Waals surface area contributed by atoms with Crippen LogP contribution in [0.15, 0.2) is 30.9 Å². The number of benzene rings is 1. The second-order valence-electron chi connectivity index (χ2n) is 3.42. The number of ether oxygens (including phenoxy) is 3. The Morgan fingerprint density at radius 2 is 2.05 bits per heavy atom. The summed E-state index contributed by atoms with van der Waals surface area (Å²) in [5.41, 5.74) is 0.707. The fourth-order valence-corrected chi connectivity index (χ4v) is 1.32. The van der Waals surface area contributed by atoms with E-state index in [1.807, 2.05) is 0 Å². The summed E-state index contributed by atoms with van der Waals surface area (Å²) in [6, 6.07) is 4.55. The molecule has 0 aliphatic rings. The van der Waals surface area contributed by atoms with Crippen LogP contribution >= 0.6 is 0 Å². The van der Waals surface area contributed by atoms with E-state index >= 15 is 0 Å². The molecule has 19 heavy (non-hydrogen) atoms. The summed E-state index contributed by atoms with van der Waals surface area (Å²) >= 11 is 0. The highest BCUT2D eigenvalue weighted by Gasteiger charge is 2.14. The molecule has 102 valence electrons. The van der Waals surface area contributed by atoms with Crippen LogP contribution in [0.2, 0.25) is 0 Å². The van der Waals surface area contributed by atoms with Gasteiger partial charge in [0.2, 0.25) is 0 Å². The Balaban J connectivity index is 3.03. The molecule has 0 aliphatic heterocycles. The van der Waals surface area contributed by atoms with Crippen LogP contribution < -0.4 is 10.1 Å². The molecule has 0 aromatic heterocycles. The largest absolute Gasteiger partial charge is 0.489 e. The maximum absolute atomic E-state index is 11.5. The quantitative estimate of drug-likeness (QED) is 0.652. The number of anilines is 1. The average Bonchev–Trinajstić information content (AvgIpc) is 2.44. The van der Waals surface area contributed by atoms with Crippen LogP contribution in [0.3, 0.4) is 0 Å². The van der Waals surface area contributed by atoms with Gasteiger partial charge in [-0.1, -0.05) is 12.7 Å². The van der Waals surface area contributed by atoms with Crippen molar-refractivity contribution in [1.29, 1.82) is 0 Å². The lowest BCUT2D eigenvalue weighted by Gasteiger charge is -2.11. The molecule has 0 unspecified atom stereocenters. The Morgan fingerprint density at radius 3 is 2.63 bits per heavy atom. The Bertz CT molecular complexity index is 484. The Morgan fingerprint density at radius 1 is 1.32 bits per heavy atom. The minimum Gasteiger partial charge on any atom is -0.489 e. The Labute approximate surface area is 111 Å².